The number of aryl methyl sites for hydroxylation is 1. The molecule has 3 rings (SSSR count). The van der Waals surface area contributed by atoms with Gasteiger partial charge < -0.3 is 0 Å². The maximum Gasteiger partial charge on any atom is 0.263 e. The second kappa shape index (κ2) is 4.96. The van der Waals surface area contributed by atoms with E-state index >= 15 is 0 Å². The molecule has 0 saturated heterocycles. The highest BCUT2D eigenvalue weighted by Gasteiger charge is 2.57. The van der Waals surface area contributed by atoms with E-state index in [1.54, 1.807) is 22.6 Å². The van der Waals surface area contributed by atoms with Gasteiger partial charge in [-0.05, 0) is 42.9 Å². The molecule has 1 aliphatic carbocycles. The first-order chi connectivity index (χ1) is 10.1. The van der Waals surface area contributed by atoms with Crippen molar-refractivity contribution in [2.24, 2.45) is 11.3 Å². The van der Waals surface area contributed by atoms with Crippen LogP contribution in [0.5, 0.6) is 0 Å². The van der Waals surface area contributed by atoms with E-state index in [0.717, 1.165) is 12.0 Å². The third-order valence-corrected chi connectivity index (χ3v) is 8.22. The number of rotatable bonds is 4. The number of allylic oxidation sites excluding steroid dienone is 1. The average Bonchev–Trinajstić information content (AvgIpc) is 3.09. The molecule has 1 aromatic rings. The first-order valence-corrected chi connectivity index (χ1v) is 13.0. The highest BCUT2D eigenvalue weighted by Crippen LogP contribution is 2.60. The number of nitrogens with zero attached hydrogens (tertiary/aromatic N) is 1. The summed E-state index contributed by atoms with van der Waals surface area (Å²) in [5.74, 6) is 0.587. The van der Waals surface area contributed by atoms with E-state index in [9.17, 15) is 8.42 Å². The maximum atomic E-state index is 12.9. The fraction of sp³-hybridized carbons (Fsp3) is 0.529. The highest BCUT2D eigenvalue weighted by atomic mass is 32.2. The van der Waals surface area contributed by atoms with E-state index in [4.69, 9.17) is 0 Å². The van der Waals surface area contributed by atoms with Crippen molar-refractivity contribution in [1.29, 1.82) is 0 Å². The fourth-order valence-corrected chi connectivity index (χ4v) is 7.76. The molecule has 3 nitrogen and oxygen atoms in total. The topological polar surface area (TPSA) is 37.4 Å². The summed E-state index contributed by atoms with van der Waals surface area (Å²) in [5, 5.41) is 0. The van der Waals surface area contributed by atoms with Crippen LogP contribution < -0.4 is 0 Å². The molecule has 120 valence electrons. The summed E-state index contributed by atoms with van der Waals surface area (Å²) in [4.78, 5) is 0.394. The smallest absolute Gasteiger partial charge is 0.263 e. The van der Waals surface area contributed by atoms with Crippen molar-refractivity contribution in [1.82, 2.24) is 4.31 Å². The molecule has 2 atom stereocenters. The summed E-state index contributed by atoms with van der Waals surface area (Å²) in [6, 6.07) is 8.34. The summed E-state index contributed by atoms with van der Waals surface area (Å²) in [6.07, 6.45) is 5.04. The van der Waals surface area contributed by atoms with Crippen molar-refractivity contribution in [2.75, 3.05) is 6.54 Å². The van der Waals surface area contributed by atoms with Crippen molar-refractivity contribution in [3.8, 4) is 0 Å². The van der Waals surface area contributed by atoms with Crippen LogP contribution in [0.3, 0.4) is 0 Å². The van der Waals surface area contributed by atoms with Crippen LogP contribution in [0.2, 0.25) is 25.7 Å². The molecule has 0 amide bonds. The summed E-state index contributed by atoms with van der Waals surface area (Å²) >= 11 is 0. The molecule has 0 bridgehead atoms. The molecular weight excluding hydrogens is 310 g/mol. The first kappa shape index (κ1) is 15.8. The molecule has 1 saturated carbocycles. The molecule has 5 heteroatoms. The molecule has 0 radical (unpaired) electrons. The van der Waals surface area contributed by atoms with Crippen LogP contribution in [-0.2, 0) is 10.0 Å². The van der Waals surface area contributed by atoms with Gasteiger partial charge in [0.05, 0.1) is 4.90 Å². The van der Waals surface area contributed by atoms with Crippen molar-refractivity contribution in [3.63, 3.8) is 0 Å². The molecule has 2 unspecified atom stereocenters. The van der Waals surface area contributed by atoms with E-state index in [0.29, 0.717) is 17.4 Å². The van der Waals surface area contributed by atoms with Crippen molar-refractivity contribution in [2.45, 2.75) is 43.9 Å². The molecule has 1 aromatic carbocycles. The highest BCUT2D eigenvalue weighted by molar-refractivity contribution is 7.89. The van der Waals surface area contributed by atoms with Gasteiger partial charge in [-0.3, -0.25) is 4.31 Å². The molecule has 22 heavy (non-hydrogen) atoms. The van der Waals surface area contributed by atoms with Gasteiger partial charge in [-0.2, -0.15) is 0 Å². The number of hydrogen-bond donors (Lipinski definition) is 0. The maximum absolute atomic E-state index is 12.9. The minimum atomic E-state index is -3.42. The van der Waals surface area contributed by atoms with E-state index in [-0.39, 0.29) is 5.41 Å². The van der Waals surface area contributed by atoms with Gasteiger partial charge in [0.15, 0.2) is 0 Å². The van der Waals surface area contributed by atoms with Gasteiger partial charge in [-0.25, -0.2) is 8.42 Å². The predicted molar refractivity (Wildman–Crippen MR) is 92.9 cm³/mol. The zero-order valence-electron chi connectivity index (χ0n) is 13.8. The fourth-order valence-electron chi connectivity index (χ4n) is 3.72. The van der Waals surface area contributed by atoms with Crippen LogP contribution in [0.15, 0.2) is 41.4 Å². The molecular formula is C17H25NO2SSi. The molecule has 0 spiro atoms. The van der Waals surface area contributed by atoms with Crippen molar-refractivity contribution < 1.29 is 8.42 Å². The van der Waals surface area contributed by atoms with Crippen LogP contribution >= 0.6 is 0 Å². The molecule has 1 fully saturated rings. The van der Waals surface area contributed by atoms with E-state index in [2.05, 4.69) is 25.7 Å². The van der Waals surface area contributed by atoms with Crippen LogP contribution in [0, 0.1) is 18.3 Å². The lowest BCUT2D eigenvalue weighted by molar-refractivity contribution is 0.378. The Labute approximate surface area is 135 Å². The van der Waals surface area contributed by atoms with Gasteiger partial charge in [0.25, 0.3) is 10.0 Å². The standard InChI is InChI=1S/C17H25NO2SSi/c1-14-5-7-16(8-6-14)21(19,20)18-10-9-15-11-17(15,12-18)13-22(2,3)4/h5-10,15H,11-13H2,1-4H3. The Bertz CT molecular complexity index is 703. The van der Waals surface area contributed by atoms with Gasteiger partial charge in [0.2, 0.25) is 0 Å². The summed E-state index contributed by atoms with van der Waals surface area (Å²) in [5.41, 5.74) is 1.28. The summed E-state index contributed by atoms with van der Waals surface area (Å²) in [7, 11) is -4.62. The predicted octanol–water partition coefficient (Wildman–Crippen LogP) is 3.86. The first-order valence-electron chi connectivity index (χ1n) is 7.89. The van der Waals surface area contributed by atoms with Crippen molar-refractivity contribution in [3.05, 3.63) is 42.1 Å². The van der Waals surface area contributed by atoms with Gasteiger partial charge in [-0.1, -0.05) is 43.4 Å². The van der Waals surface area contributed by atoms with E-state index in [1.807, 2.05) is 19.1 Å². The number of hydrogen-bond acceptors (Lipinski definition) is 2. The Morgan fingerprint density at radius 2 is 1.86 bits per heavy atom. The molecule has 0 aromatic heterocycles. The Balaban J connectivity index is 1.85. The zero-order chi connectivity index (χ0) is 16.2. The van der Waals surface area contributed by atoms with Gasteiger partial charge >= 0.3 is 0 Å². The third kappa shape index (κ3) is 2.88. The molecule has 0 N–H and O–H groups in total. The Hall–Kier alpha value is -1.07. The Kier molecular flexibility index (Phi) is 3.57. The van der Waals surface area contributed by atoms with Gasteiger partial charge in [0.1, 0.15) is 0 Å². The monoisotopic (exact) mass is 335 g/mol. The number of sulfonamides is 1. The zero-order valence-corrected chi connectivity index (χ0v) is 15.7. The minimum absolute atomic E-state index is 0.205. The van der Waals surface area contributed by atoms with Gasteiger partial charge in [-0.15, -0.1) is 0 Å². The quantitative estimate of drug-likeness (QED) is 0.784. The third-order valence-electron chi connectivity index (χ3n) is 4.72. The average molecular weight is 336 g/mol. The molecule has 2 aliphatic rings. The SMILES string of the molecule is Cc1ccc(S(=O)(=O)N2C=CC3CC3(C[Si](C)(C)C)C2)cc1. The van der Waals surface area contributed by atoms with Crippen LogP contribution in [-0.4, -0.2) is 27.3 Å². The van der Waals surface area contributed by atoms with Gasteiger partial charge in [0, 0.05) is 20.8 Å². The minimum Gasteiger partial charge on any atom is -0.273 e. The van der Waals surface area contributed by atoms with Crippen molar-refractivity contribution >= 4 is 18.1 Å². The second-order valence-corrected chi connectivity index (χ2v) is 15.5. The lowest BCUT2D eigenvalue weighted by Crippen LogP contribution is -2.38. The largest absolute Gasteiger partial charge is 0.273 e. The Morgan fingerprint density at radius 3 is 2.45 bits per heavy atom. The molecule has 1 heterocycles. The summed E-state index contributed by atoms with van der Waals surface area (Å²) < 4.78 is 27.3. The number of fused-ring (bicyclic) bond motifs is 1. The molecule has 1 aliphatic heterocycles. The van der Waals surface area contributed by atoms with Crippen LogP contribution in [0.25, 0.3) is 0 Å². The Morgan fingerprint density at radius 1 is 1.23 bits per heavy atom. The van der Waals surface area contributed by atoms with E-state index < -0.39 is 18.1 Å². The second-order valence-electron chi connectivity index (χ2n) is 8.12. The normalized spacial score (nSPS) is 27.6. The number of benzene rings is 1. The lowest BCUT2D eigenvalue weighted by atomic mass is 10.0. The van der Waals surface area contributed by atoms with E-state index in [1.165, 1.54) is 6.04 Å². The summed E-state index contributed by atoms with van der Waals surface area (Å²) in [6.45, 7) is 9.72. The van der Waals surface area contributed by atoms with Crippen LogP contribution in [0.1, 0.15) is 12.0 Å². The lowest BCUT2D eigenvalue weighted by Gasteiger charge is -2.33. The van der Waals surface area contributed by atoms with Crippen LogP contribution in [0.4, 0.5) is 0 Å².